The summed E-state index contributed by atoms with van der Waals surface area (Å²) in [5, 5.41) is 12.5. The molecule has 3 nitrogen and oxygen atoms in total. The summed E-state index contributed by atoms with van der Waals surface area (Å²) in [4.78, 5) is 12.3. The lowest BCUT2D eigenvalue weighted by atomic mass is 10.0. The number of nitriles is 1. The van der Waals surface area contributed by atoms with E-state index in [1.807, 2.05) is 18.2 Å². The van der Waals surface area contributed by atoms with Crippen LogP contribution in [0.15, 0.2) is 78.4 Å². The molecule has 0 fully saturated rings. The van der Waals surface area contributed by atoms with Crippen LogP contribution in [0.1, 0.15) is 16.7 Å². The fourth-order valence-electron chi connectivity index (χ4n) is 2.67. The van der Waals surface area contributed by atoms with Crippen molar-refractivity contribution in [3.63, 3.8) is 0 Å². The molecule has 3 aromatic rings. The van der Waals surface area contributed by atoms with Gasteiger partial charge >= 0.3 is 0 Å². The van der Waals surface area contributed by atoms with Gasteiger partial charge in [-0.3, -0.25) is 4.79 Å². The van der Waals surface area contributed by atoms with Crippen molar-refractivity contribution in [2.75, 3.05) is 5.32 Å². The van der Waals surface area contributed by atoms with Crippen LogP contribution >= 0.6 is 11.6 Å². The Bertz CT molecular complexity index is 1070. The Morgan fingerprint density at radius 2 is 1.82 bits per heavy atom. The van der Waals surface area contributed by atoms with Gasteiger partial charge < -0.3 is 5.32 Å². The van der Waals surface area contributed by atoms with E-state index in [9.17, 15) is 14.4 Å². The lowest BCUT2D eigenvalue weighted by molar-refractivity contribution is -0.112. The molecule has 5 heteroatoms. The van der Waals surface area contributed by atoms with Gasteiger partial charge in [0.25, 0.3) is 5.91 Å². The normalized spacial score (nSPS) is 11.0. The van der Waals surface area contributed by atoms with Crippen molar-refractivity contribution >= 4 is 29.3 Å². The van der Waals surface area contributed by atoms with Crippen LogP contribution in [-0.2, 0) is 11.2 Å². The molecule has 1 N–H and O–H groups in total. The summed E-state index contributed by atoms with van der Waals surface area (Å²) in [7, 11) is 0. The van der Waals surface area contributed by atoms with E-state index < -0.39 is 5.91 Å². The van der Waals surface area contributed by atoms with Crippen molar-refractivity contribution in [1.29, 1.82) is 5.26 Å². The number of benzene rings is 3. The SMILES string of the molecule is N#C/C(=C\c1ccc(Cc2ccccc2F)cc1)C(=O)Nc1cccc(Cl)c1. The fraction of sp³-hybridized carbons (Fsp3) is 0.0435. The van der Waals surface area contributed by atoms with E-state index in [1.54, 1.807) is 54.6 Å². The lowest BCUT2D eigenvalue weighted by Gasteiger charge is -2.06. The molecule has 0 spiro atoms. The fourth-order valence-corrected chi connectivity index (χ4v) is 2.86. The van der Waals surface area contributed by atoms with E-state index in [0.717, 1.165) is 5.56 Å². The third kappa shape index (κ3) is 5.06. The molecular formula is C23H16ClFN2O. The molecule has 1 amide bonds. The van der Waals surface area contributed by atoms with E-state index in [1.165, 1.54) is 12.1 Å². The monoisotopic (exact) mass is 390 g/mol. The number of anilines is 1. The second-order valence-electron chi connectivity index (χ2n) is 6.14. The van der Waals surface area contributed by atoms with Crippen molar-refractivity contribution < 1.29 is 9.18 Å². The number of amides is 1. The van der Waals surface area contributed by atoms with Crippen LogP contribution in [0, 0.1) is 17.1 Å². The Hall–Kier alpha value is -3.42. The standard InChI is InChI=1S/C23H16ClFN2O/c24-20-5-3-6-21(14-20)27-23(28)19(15-26)13-17-10-8-16(9-11-17)12-18-4-1-2-7-22(18)25/h1-11,13-14H,12H2,(H,27,28)/b19-13+. The number of hydrogen-bond acceptors (Lipinski definition) is 2. The van der Waals surface area contributed by atoms with Crippen LogP contribution in [0.3, 0.4) is 0 Å². The van der Waals surface area contributed by atoms with Crippen LogP contribution in [0.4, 0.5) is 10.1 Å². The molecule has 0 radical (unpaired) electrons. The van der Waals surface area contributed by atoms with Gasteiger partial charge in [0, 0.05) is 17.1 Å². The van der Waals surface area contributed by atoms with Crippen molar-refractivity contribution in [2.24, 2.45) is 0 Å². The van der Waals surface area contributed by atoms with Crippen molar-refractivity contribution in [3.8, 4) is 6.07 Å². The summed E-state index contributed by atoms with van der Waals surface area (Å²) in [5.41, 5.74) is 2.74. The number of carbonyl (C=O) groups is 1. The smallest absolute Gasteiger partial charge is 0.266 e. The summed E-state index contributed by atoms with van der Waals surface area (Å²) >= 11 is 5.90. The zero-order valence-electron chi connectivity index (χ0n) is 14.8. The summed E-state index contributed by atoms with van der Waals surface area (Å²) in [6.07, 6.45) is 1.98. The number of nitrogens with one attached hydrogen (secondary N) is 1. The highest BCUT2D eigenvalue weighted by atomic mass is 35.5. The molecule has 0 aliphatic heterocycles. The van der Waals surface area contributed by atoms with Gasteiger partial charge in [0.15, 0.2) is 0 Å². The van der Waals surface area contributed by atoms with Crippen LogP contribution in [-0.4, -0.2) is 5.91 Å². The largest absolute Gasteiger partial charge is 0.321 e. The molecule has 0 bridgehead atoms. The van der Waals surface area contributed by atoms with E-state index in [2.05, 4.69) is 5.32 Å². The van der Waals surface area contributed by atoms with Crippen molar-refractivity contribution in [1.82, 2.24) is 0 Å². The Morgan fingerprint density at radius 1 is 1.07 bits per heavy atom. The Kier molecular flexibility index (Phi) is 6.21. The zero-order valence-corrected chi connectivity index (χ0v) is 15.6. The number of carbonyl (C=O) groups excluding carboxylic acids is 1. The predicted molar refractivity (Wildman–Crippen MR) is 109 cm³/mol. The Labute approximate surface area is 167 Å². The molecule has 0 atom stereocenters. The van der Waals surface area contributed by atoms with E-state index in [0.29, 0.717) is 28.3 Å². The molecule has 3 aromatic carbocycles. The minimum Gasteiger partial charge on any atom is -0.321 e. The van der Waals surface area contributed by atoms with Crippen molar-refractivity contribution in [3.05, 3.63) is 106 Å². The molecule has 0 saturated carbocycles. The molecular weight excluding hydrogens is 375 g/mol. The van der Waals surface area contributed by atoms with Crippen LogP contribution in [0.2, 0.25) is 5.02 Å². The zero-order chi connectivity index (χ0) is 19.9. The third-order valence-corrected chi connectivity index (χ3v) is 4.33. The first-order chi connectivity index (χ1) is 13.5. The van der Waals surface area contributed by atoms with Gasteiger partial charge in [-0.05, 0) is 47.0 Å². The molecule has 0 aromatic heterocycles. The van der Waals surface area contributed by atoms with Gasteiger partial charge in [-0.1, -0.05) is 60.1 Å². The molecule has 28 heavy (non-hydrogen) atoms. The maximum absolute atomic E-state index is 13.8. The highest BCUT2D eigenvalue weighted by Crippen LogP contribution is 2.18. The minimum atomic E-state index is -0.514. The predicted octanol–water partition coefficient (Wildman–Crippen LogP) is 5.62. The van der Waals surface area contributed by atoms with Gasteiger partial charge in [-0.15, -0.1) is 0 Å². The quantitative estimate of drug-likeness (QED) is 0.454. The Balaban J connectivity index is 1.73. The highest BCUT2D eigenvalue weighted by molar-refractivity contribution is 6.31. The van der Waals surface area contributed by atoms with Gasteiger partial charge in [0.2, 0.25) is 0 Å². The van der Waals surface area contributed by atoms with E-state index in [-0.39, 0.29) is 11.4 Å². The summed E-state index contributed by atoms with van der Waals surface area (Å²) in [5.74, 6) is -0.754. The van der Waals surface area contributed by atoms with Crippen LogP contribution in [0.25, 0.3) is 6.08 Å². The average molecular weight is 391 g/mol. The van der Waals surface area contributed by atoms with Gasteiger partial charge in [-0.25, -0.2) is 4.39 Å². The van der Waals surface area contributed by atoms with Gasteiger partial charge in [-0.2, -0.15) is 5.26 Å². The molecule has 3 rings (SSSR count). The molecule has 0 saturated heterocycles. The maximum Gasteiger partial charge on any atom is 0.266 e. The van der Waals surface area contributed by atoms with E-state index in [4.69, 9.17) is 11.6 Å². The first kappa shape index (κ1) is 19.3. The lowest BCUT2D eigenvalue weighted by Crippen LogP contribution is -2.13. The first-order valence-corrected chi connectivity index (χ1v) is 8.94. The number of hydrogen-bond donors (Lipinski definition) is 1. The number of halogens is 2. The second-order valence-corrected chi connectivity index (χ2v) is 6.58. The molecule has 0 aliphatic rings. The average Bonchev–Trinajstić information content (AvgIpc) is 2.69. The van der Waals surface area contributed by atoms with Gasteiger partial charge in [0.1, 0.15) is 17.5 Å². The Morgan fingerprint density at radius 3 is 2.50 bits per heavy atom. The molecule has 138 valence electrons. The molecule has 0 heterocycles. The first-order valence-electron chi connectivity index (χ1n) is 8.56. The third-order valence-electron chi connectivity index (χ3n) is 4.09. The molecule has 0 aliphatic carbocycles. The minimum absolute atomic E-state index is 0.0261. The summed E-state index contributed by atoms with van der Waals surface area (Å²) < 4.78 is 13.8. The van der Waals surface area contributed by atoms with Crippen molar-refractivity contribution in [2.45, 2.75) is 6.42 Å². The summed E-state index contributed by atoms with van der Waals surface area (Å²) in [6.45, 7) is 0. The van der Waals surface area contributed by atoms with Crippen LogP contribution < -0.4 is 5.32 Å². The second kappa shape index (κ2) is 8.98. The van der Waals surface area contributed by atoms with Crippen LogP contribution in [0.5, 0.6) is 0 Å². The topological polar surface area (TPSA) is 52.9 Å². The highest BCUT2D eigenvalue weighted by Gasteiger charge is 2.10. The summed E-state index contributed by atoms with van der Waals surface area (Å²) in [6, 6.07) is 22.5. The van der Waals surface area contributed by atoms with Gasteiger partial charge in [0.05, 0.1) is 0 Å². The van der Waals surface area contributed by atoms with E-state index >= 15 is 0 Å². The maximum atomic E-state index is 13.8. The number of nitrogens with zero attached hydrogens (tertiary/aromatic N) is 1. The molecule has 0 unspecified atom stereocenters. The number of rotatable bonds is 5.